The Morgan fingerprint density at radius 3 is 2.11 bits per heavy atom. The standard InChI is InChI=1S/C47H64N2O4/c1-42-16-13-36(50)27-45(42)19-20-47(37(28-45)40(51)34-9-5-3-6-10-34)38(42)14-17-43(2)39(47)15-18-46(43,53)30-49(41(52)48-35-11-7-4-8-12-35)29-44-24-31-21-32(25-44)23-33(22-31)26-44/h4,7-8,11-12,19-20,28,31-34,36,38-39,50,53H,3,5-6,9-10,13-18,21-27,29-30H2,1-2H3,(H,48,52)/t31?,32?,33?,36?,38-,39-,42-,43+,44?,45+,46-,47-/m1/s1. The predicted octanol–water partition coefficient (Wildman–Crippen LogP) is 9.48. The van der Waals surface area contributed by atoms with Crippen molar-refractivity contribution in [2.75, 3.05) is 18.4 Å². The fourth-order valence-electron chi connectivity index (χ4n) is 16.3. The Hall–Kier alpha value is -2.44. The second kappa shape index (κ2) is 12.0. The van der Waals surface area contributed by atoms with Crippen molar-refractivity contribution in [1.29, 1.82) is 0 Å². The first-order chi connectivity index (χ1) is 25.4. The third-order valence-electron chi connectivity index (χ3n) is 18.4. The molecule has 12 rings (SSSR count). The average molecular weight is 721 g/mol. The number of aliphatic hydroxyl groups is 2. The first-order valence-corrected chi connectivity index (χ1v) is 21.9. The number of nitrogens with one attached hydrogen (secondary N) is 1. The van der Waals surface area contributed by atoms with Crippen LogP contribution < -0.4 is 5.32 Å². The molecule has 11 aliphatic rings. The number of anilines is 1. The molecule has 8 saturated carbocycles. The molecule has 6 bridgehead atoms. The van der Waals surface area contributed by atoms with Gasteiger partial charge in [0.15, 0.2) is 5.78 Å². The first-order valence-electron chi connectivity index (χ1n) is 21.9. The smallest absolute Gasteiger partial charge is 0.321 e. The van der Waals surface area contributed by atoms with E-state index in [9.17, 15) is 15.0 Å². The minimum atomic E-state index is -1.06. The molecule has 0 saturated heterocycles. The maximum atomic E-state index is 15.0. The van der Waals surface area contributed by atoms with Crippen LogP contribution in [0.25, 0.3) is 0 Å². The molecule has 2 amide bonds. The Labute approximate surface area is 317 Å². The molecule has 2 spiro atoms. The summed E-state index contributed by atoms with van der Waals surface area (Å²) in [6.45, 7) is 5.88. The quantitative estimate of drug-likeness (QED) is 0.245. The van der Waals surface area contributed by atoms with Crippen LogP contribution in [0.2, 0.25) is 0 Å². The van der Waals surface area contributed by atoms with E-state index < -0.39 is 16.4 Å². The average Bonchev–Trinajstić information content (AvgIpc) is 3.41. The molecule has 8 atom stereocenters. The zero-order chi connectivity index (χ0) is 36.4. The van der Waals surface area contributed by atoms with E-state index in [1.807, 2.05) is 30.3 Å². The Morgan fingerprint density at radius 1 is 0.774 bits per heavy atom. The third kappa shape index (κ3) is 5.01. The highest BCUT2D eigenvalue weighted by Crippen LogP contribution is 2.78. The van der Waals surface area contributed by atoms with Gasteiger partial charge < -0.3 is 20.4 Å². The molecule has 1 unspecified atom stereocenters. The van der Waals surface area contributed by atoms with Gasteiger partial charge in [0.05, 0.1) is 18.2 Å². The highest BCUT2D eigenvalue weighted by atomic mass is 16.3. The van der Waals surface area contributed by atoms with E-state index in [1.54, 1.807) is 0 Å². The molecule has 1 aromatic carbocycles. The van der Waals surface area contributed by atoms with Gasteiger partial charge in [-0.25, -0.2) is 4.79 Å². The molecule has 0 aromatic heterocycles. The molecule has 3 N–H and O–H groups in total. The molecule has 11 aliphatic carbocycles. The van der Waals surface area contributed by atoms with Gasteiger partial charge >= 0.3 is 6.03 Å². The Kier molecular flexibility index (Phi) is 7.95. The highest BCUT2D eigenvalue weighted by molar-refractivity contribution is 6.00. The van der Waals surface area contributed by atoms with Crippen molar-refractivity contribution in [1.82, 2.24) is 4.90 Å². The van der Waals surface area contributed by atoms with Crippen molar-refractivity contribution in [2.45, 2.75) is 141 Å². The number of allylic oxidation sites excluding steroid dienone is 4. The predicted molar refractivity (Wildman–Crippen MR) is 208 cm³/mol. The fourth-order valence-corrected chi connectivity index (χ4v) is 16.3. The zero-order valence-corrected chi connectivity index (χ0v) is 32.5. The number of fused-ring (bicyclic) bond motifs is 1. The van der Waals surface area contributed by atoms with Gasteiger partial charge in [0.1, 0.15) is 0 Å². The fraction of sp³-hybridized carbons (Fsp3) is 0.745. The van der Waals surface area contributed by atoms with Gasteiger partial charge in [0, 0.05) is 40.0 Å². The van der Waals surface area contributed by atoms with Crippen LogP contribution >= 0.6 is 0 Å². The third-order valence-corrected chi connectivity index (χ3v) is 18.4. The summed E-state index contributed by atoms with van der Waals surface area (Å²) in [4.78, 5) is 31.6. The number of benzene rings is 1. The van der Waals surface area contributed by atoms with Crippen LogP contribution in [0, 0.1) is 62.6 Å². The summed E-state index contributed by atoms with van der Waals surface area (Å²) in [5.41, 5.74) is -0.253. The van der Waals surface area contributed by atoms with Gasteiger partial charge in [0.25, 0.3) is 0 Å². The number of carbonyl (C=O) groups excluding carboxylic acids is 2. The minimum absolute atomic E-state index is 0.0283. The summed E-state index contributed by atoms with van der Waals surface area (Å²) < 4.78 is 0. The molecule has 8 fully saturated rings. The zero-order valence-electron chi connectivity index (χ0n) is 32.5. The monoisotopic (exact) mass is 720 g/mol. The number of Topliss-reactive ketones (excluding diaryl/α,β-unsaturated/α-hetero) is 1. The van der Waals surface area contributed by atoms with Crippen molar-refractivity contribution < 1.29 is 19.8 Å². The number of carbonyl (C=O) groups is 2. The van der Waals surface area contributed by atoms with E-state index in [0.29, 0.717) is 31.1 Å². The second-order valence-electron chi connectivity index (χ2n) is 21.1. The largest absolute Gasteiger partial charge is 0.393 e. The lowest BCUT2D eigenvalue weighted by Crippen LogP contribution is -2.68. The number of hydrogen-bond acceptors (Lipinski definition) is 4. The van der Waals surface area contributed by atoms with E-state index in [0.717, 1.165) is 93.3 Å². The van der Waals surface area contributed by atoms with Crippen molar-refractivity contribution in [2.24, 2.45) is 62.6 Å². The van der Waals surface area contributed by atoms with Crippen LogP contribution in [0.1, 0.15) is 129 Å². The normalized spacial score (nSPS) is 47.7. The van der Waals surface area contributed by atoms with Crippen LogP contribution in [-0.2, 0) is 4.79 Å². The number of ketones is 1. The number of nitrogens with zero attached hydrogens (tertiary/aromatic N) is 1. The van der Waals surface area contributed by atoms with Crippen LogP contribution in [0.15, 0.2) is 54.1 Å². The van der Waals surface area contributed by atoms with Crippen LogP contribution in [0.4, 0.5) is 10.5 Å². The van der Waals surface area contributed by atoms with Crippen molar-refractivity contribution in [3.05, 3.63) is 54.1 Å². The number of hydrogen-bond donors (Lipinski definition) is 3. The summed E-state index contributed by atoms with van der Waals surface area (Å²) in [5.74, 6) is 3.25. The van der Waals surface area contributed by atoms with E-state index in [1.165, 1.54) is 44.9 Å². The van der Waals surface area contributed by atoms with E-state index in [2.05, 4.69) is 42.3 Å². The van der Waals surface area contributed by atoms with E-state index in [-0.39, 0.29) is 40.2 Å². The van der Waals surface area contributed by atoms with Gasteiger partial charge in [-0.15, -0.1) is 0 Å². The summed E-state index contributed by atoms with van der Waals surface area (Å²) >= 11 is 0. The van der Waals surface area contributed by atoms with Crippen molar-refractivity contribution in [3.8, 4) is 0 Å². The first kappa shape index (κ1) is 35.0. The molecule has 0 radical (unpaired) electrons. The van der Waals surface area contributed by atoms with Crippen molar-refractivity contribution in [3.63, 3.8) is 0 Å². The second-order valence-corrected chi connectivity index (χ2v) is 21.1. The summed E-state index contributed by atoms with van der Waals surface area (Å²) in [6, 6.07) is 9.76. The minimum Gasteiger partial charge on any atom is -0.393 e. The summed E-state index contributed by atoms with van der Waals surface area (Å²) in [7, 11) is 0. The number of aliphatic hydroxyl groups excluding tert-OH is 1. The summed E-state index contributed by atoms with van der Waals surface area (Å²) in [6.07, 6.45) is 26.0. The number of amides is 2. The number of urea groups is 1. The van der Waals surface area contributed by atoms with Crippen LogP contribution in [-0.4, -0.2) is 51.7 Å². The van der Waals surface area contributed by atoms with Gasteiger partial charge in [-0.1, -0.05) is 69.5 Å². The Balaban J connectivity index is 1.02. The molecule has 1 aromatic rings. The molecule has 0 aliphatic heterocycles. The number of rotatable bonds is 7. The maximum absolute atomic E-state index is 15.0. The molecule has 6 nitrogen and oxygen atoms in total. The van der Waals surface area contributed by atoms with Gasteiger partial charge in [-0.05, 0) is 149 Å². The molecular weight excluding hydrogens is 657 g/mol. The lowest BCUT2D eigenvalue weighted by molar-refractivity contribution is -0.179. The van der Waals surface area contributed by atoms with Gasteiger partial charge in [-0.2, -0.15) is 0 Å². The van der Waals surface area contributed by atoms with Gasteiger partial charge in [-0.3, -0.25) is 4.79 Å². The summed E-state index contributed by atoms with van der Waals surface area (Å²) in [5, 5.41) is 27.7. The molecule has 6 heteroatoms. The number of para-hydroxylation sites is 1. The SMILES string of the molecule is C[C@]12CC[C@H]3[C@]4(C=C[C@@]5(C=C4C(=O)C4CCCCC4)CC(O)CC[C@]35C)[C@@H]1CC[C@@]2(O)CN(CC12CC3CC(CC(C3)C1)C2)C(=O)Nc1ccccc1. The van der Waals surface area contributed by atoms with E-state index >= 15 is 4.79 Å². The maximum Gasteiger partial charge on any atom is 0.321 e. The van der Waals surface area contributed by atoms with Crippen LogP contribution in [0.5, 0.6) is 0 Å². The molecule has 286 valence electrons. The van der Waals surface area contributed by atoms with E-state index in [4.69, 9.17) is 0 Å². The molecule has 0 heterocycles. The Bertz CT molecular complexity index is 1680. The molecule has 53 heavy (non-hydrogen) atoms. The van der Waals surface area contributed by atoms with Crippen LogP contribution in [0.3, 0.4) is 0 Å². The highest BCUT2D eigenvalue weighted by Gasteiger charge is 2.75. The van der Waals surface area contributed by atoms with Crippen molar-refractivity contribution >= 4 is 17.5 Å². The lowest BCUT2D eigenvalue weighted by atomic mass is 9.32. The lowest BCUT2D eigenvalue weighted by Gasteiger charge is -2.71. The molecular formula is C47H64N2O4. The topological polar surface area (TPSA) is 89.9 Å². The Morgan fingerprint density at radius 2 is 1.42 bits per heavy atom. The van der Waals surface area contributed by atoms with Gasteiger partial charge in [0.2, 0.25) is 0 Å².